The number of carbonyl (C=O) groups is 3. The number of carbonyl (C=O) groups excluding carboxylic acids is 3. The summed E-state index contributed by atoms with van der Waals surface area (Å²) in [6.07, 6.45) is 80.3. The summed E-state index contributed by atoms with van der Waals surface area (Å²) in [5, 5.41) is 0. The summed E-state index contributed by atoms with van der Waals surface area (Å²) in [6.45, 7) is 6.52. The monoisotopic (exact) mass is 1020 g/mol. The van der Waals surface area contributed by atoms with Crippen molar-refractivity contribution < 1.29 is 28.6 Å². The lowest BCUT2D eigenvalue weighted by Gasteiger charge is -2.18. The van der Waals surface area contributed by atoms with E-state index in [4.69, 9.17) is 14.2 Å². The van der Waals surface area contributed by atoms with E-state index in [1.165, 1.54) is 154 Å². The number of rotatable bonds is 56. The van der Waals surface area contributed by atoms with Crippen LogP contribution in [0.15, 0.2) is 85.1 Å². The first-order chi connectivity index (χ1) is 36.0. The van der Waals surface area contributed by atoms with Gasteiger partial charge in [-0.3, -0.25) is 14.4 Å². The summed E-state index contributed by atoms with van der Waals surface area (Å²) in [4.78, 5) is 38.1. The number of unbranched alkanes of at least 4 members (excludes halogenated alkanes) is 31. The standard InChI is InChI=1S/C67H116O6/c1-4-7-10-13-16-19-21-23-25-27-29-30-31-32-33-34-35-36-37-38-39-41-42-44-46-48-51-54-57-60-66(69)72-63-64(62-71-65(68)59-56-53-50-18-15-12-9-6-3)73-67(70)61-58-55-52-49-47-45-43-40-28-26-24-22-20-17-14-11-8-5-2/h7,10,16,19,23,25,29-30,32-33,35-36,38-39,64H,4-6,8-9,11-15,17-18,20-22,24,26-28,31,34,37,40-63H2,1-3H3/b10-7-,19-16-,25-23-,30-29-,33-32-,36-35-,39-38-. The Kier molecular flexibility index (Phi) is 58.3. The highest BCUT2D eigenvalue weighted by atomic mass is 16.6. The predicted molar refractivity (Wildman–Crippen MR) is 316 cm³/mol. The maximum Gasteiger partial charge on any atom is 0.306 e. The summed E-state index contributed by atoms with van der Waals surface area (Å²) in [5.41, 5.74) is 0. The van der Waals surface area contributed by atoms with Gasteiger partial charge in [-0.2, -0.15) is 0 Å². The smallest absolute Gasteiger partial charge is 0.306 e. The summed E-state index contributed by atoms with van der Waals surface area (Å²) in [5.74, 6) is -0.880. The van der Waals surface area contributed by atoms with Crippen molar-refractivity contribution in [2.75, 3.05) is 13.2 Å². The third-order valence-electron chi connectivity index (χ3n) is 13.4. The maximum atomic E-state index is 12.8. The van der Waals surface area contributed by atoms with Gasteiger partial charge in [0.1, 0.15) is 13.2 Å². The molecule has 0 radical (unpaired) electrons. The van der Waals surface area contributed by atoms with Crippen LogP contribution in [0.4, 0.5) is 0 Å². The summed E-state index contributed by atoms with van der Waals surface area (Å²) in [6, 6.07) is 0. The largest absolute Gasteiger partial charge is 0.462 e. The van der Waals surface area contributed by atoms with Gasteiger partial charge in [0.05, 0.1) is 0 Å². The van der Waals surface area contributed by atoms with Crippen molar-refractivity contribution in [3.05, 3.63) is 85.1 Å². The van der Waals surface area contributed by atoms with Crippen LogP contribution in [0.2, 0.25) is 0 Å². The summed E-state index contributed by atoms with van der Waals surface area (Å²) >= 11 is 0. The van der Waals surface area contributed by atoms with Crippen molar-refractivity contribution in [2.45, 2.75) is 309 Å². The Morgan fingerprint density at radius 3 is 0.836 bits per heavy atom. The lowest BCUT2D eigenvalue weighted by molar-refractivity contribution is -0.167. The Morgan fingerprint density at radius 1 is 0.288 bits per heavy atom. The fourth-order valence-electron chi connectivity index (χ4n) is 8.78. The number of ether oxygens (including phenoxy) is 3. The zero-order valence-electron chi connectivity index (χ0n) is 48.1. The molecule has 0 N–H and O–H groups in total. The Hall–Kier alpha value is -3.41. The van der Waals surface area contributed by atoms with Crippen molar-refractivity contribution >= 4 is 17.9 Å². The molecule has 0 aromatic heterocycles. The van der Waals surface area contributed by atoms with E-state index in [9.17, 15) is 14.4 Å². The first-order valence-electron chi connectivity index (χ1n) is 31.1. The summed E-state index contributed by atoms with van der Waals surface area (Å²) in [7, 11) is 0. The van der Waals surface area contributed by atoms with Gasteiger partial charge in [0.2, 0.25) is 0 Å². The number of hydrogen-bond acceptors (Lipinski definition) is 6. The van der Waals surface area contributed by atoms with E-state index >= 15 is 0 Å². The highest BCUT2D eigenvalue weighted by molar-refractivity contribution is 5.71. The molecule has 1 atom stereocenters. The van der Waals surface area contributed by atoms with Gasteiger partial charge in [0, 0.05) is 19.3 Å². The van der Waals surface area contributed by atoms with Gasteiger partial charge in [0.25, 0.3) is 0 Å². The average molecular weight is 1020 g/mol. The molecule has 0 aromatic carbocycles. The molecule has 73 heavy (non-hydrogen) atoms. The maximum absolute atomic E-state index is 12.8. The van der Waals surface area contributed by atoms with Crippen LogP contribution in [0.5, 0.6) is 0 Å². The average Bonchev–Trinajstić information content (AvgIpc) is 3.39. The van der Waals surface area contributed by atoms with Crippen LogP contribution in [0.1, 0.15) is 303 Å². The Labute approximate surface area is 452 Å². The molecule has 6 heteroatoms. The zero-order valence-corrected chi connectivity index (χ0v) is 48.1. The van der Waals surface area contributed by atoms with Crippen LogP contribution < -0.4 is 0 Å². The molecule has 6 nitrogen and oxygen atoms in total. The third-order valence-corrected chi connectivity index (χ3v) is 13.4. The first kappa shape index (κ1) is 69.6. The van der Waals surface area contributed by atoms with E-state index < -0.39 is 6.10 Å². The molecule has 0 bridgehead atoms. The Morgan fingerprint density at radius 2 is 0.534 bits per heavy atom. The van der Waals surface area contributed by atoms with Gasteiger partial charge in [-0.25, -0.2) is 0 Å². The normalized spacial score (nSPS) is 12.6. The predicted octanol–water partition coefficient (Wildman–Crippen LogP) is 21.1. The minimum Gasteiger partial charge on any atom is -0.462 e. The van der Waals surface area contributed by atoms with Crippen LogP contribution in [-0.2, 0) is 28.6 Å². The van der Waals surface area contributed by atoms with Crippen LogP contribution in [0, 0.1) is 0 Å². The van der Waals surface area contributed by atoms with Gasteiger partial charge < -0.3 is 14.2 Å². The van der Waals surface area contributed by atoms with Crippen molar-refractivity contribution in [1.29, 1.82) is 0 Å². The van der Waals surface area contributed by atoms with Gasteiger partial charge in [0.15, 0.2) is 6.10 Å². The third kappa shape index (κ3) is 59.3. The molecule has 0 aromatic rings. The van der Waals surface area contributed by atoms with Crippen LogP contribution in [0.25, 0.3) is 0 Å². The van der Waals surface area contributed by atoms with Gasteiger partial charge in [-0.1, -0.05) is 292 Å². The van der Waals surface area contributed by atoms with Crippen molar-refractivity contribution in [3.8, 4) is 0 Å². The Balaban J connectivity index is 4.20. The lowest BCUT2D eigenvalue weighted by Crippen LogP contribution is -2.30. The molecule has 0 aliphatic heterocycles. The van der Waals surface area contributed by atoms with Crippen LogP contribution in [0.3, 0.4) is 0 Å². The van der Waals surface area contributed by atoms with Crippen molar-refractivity contribution in [1.82, 2.24) is 0 Å². The number of allylic oxidation sites excluding steroid dienone is 14. The molecule has 420 valence electrons. The quantitative estimate of drug-likeness (QED) is 0.0261. The second-order valence-corrected chi connectivity index (χ2v) is 20.6. The van der Waals surface area contributed by atoms with Gasteiger partial charge in [-0.15, -0.1) is 0 Å². The van der Waals surface area contributed by atoms with E-state index in [0.717, 1.165) is 109 Å². The molecule has 0 fully saturated rings. The van der Waals surface area contributed by atoms with Gasteiger partial charge in [-0.05, 0) is 77.0 Å². The molecule has 0 saturated heterocycles. The highest BCUT2D eigenvalue weighted by Gasteiger charge is 2.19. The molecule has 0 rings (SSSR count). The SMILES string of the molecule is CC/C=C\C/C=C\C/C=C\C/C=C\C/C=C\C/C=C\C/C=C\CCCCCCCCCC(=O)OCC(COC(=O)CCCCCCCCCC)OC(=O)CCCCCCCCCCCCCCCCCCCC. The minimum absolute atomic E-state index is 0.0761. The summed E-state index contributed by atoms with van der Waals surface area (Å²) < 4.78 is 16.8. The molecule has 0 heterocycles. The van der Waals surface area contributed by atoms with E-state index in [1.807, 2.05) is 0 Å². The van der Waals surface area contributed by atoms with E-state index in [0.29, 0.717) is 19.3 Å². The lowest BCUT2D eigenvalue weighted by atomic mass is 10.0. The fraction of sp³-hybridized carbons (Fsp3) is 0.746. The van der Waals surface area contributed by atoms with Gasteiger partial charge >= 0.3 is 17.9 Å². The highest BCUT2D eigenvalue weighted by Crippen LogP contribution is 2.17. The number of esters is 3. The van der Waals surface area contributed by atoms with E-state index in [1.54, 1.807) is 0 Å². The van der Waals surface area contributed by atoms with Crippen LogP contribution >= 0.6 is 0 Å². The second-order valence-electron chi connectivity index (χ2n) is 20.6. The zero-order chi connectivity index (χ0) is 52.9. The topological polar surface area (TPSA) is 78.9 Å². The molecule has 0 saturated carbocycles. The molecule has 0 aliphatic rings. The molecule has 1 unspecified atom stereocenters. The molecular weight excluding hydrogens is 901 g/mol. The van der Waals surface area contributed by atoms with Crippen LogP contribution in [-0.4, -0.2) is 37.2 Å². The van der Waals surface area contributed by atoms with E-state index in [-0.39, 0.29) is 31.1 Å². The van der Waals surface area contributed by atoms with E-state index in [2.05, 4.69) is 106 Å². The molecule has 0 amide bonds. The molecule has 0 spiro atoms. The molecular formula is C67H116O6. The van der Waals surface area contributed by atoms with Crippen molar-refractivity contribution in [2.24, 2.45) is 0 Å². The second kappa shape index (κ2) is 61.1. The first-order valence-corrected chi connectivity index (χ1v) is 31.1. The molecule has 0 aliphatic carbocycles. The minimum atomic E-state index is -0.777. The Bertz CT molecular complexity index is 1400. The fourth-order valence-corrected chi connectivity index (χ4v) is 8.78. The number of hydrogen-bond donors (Lipinski definition) is 0. The van der Waals surface area contributed by atoms with Crippen molar-refractivity contribution in [3.63, 3.8) is 0 Å².